The van der Waals surface area contributed by atoms with Crippen molar-refractivity contribution >= 4 is 35.1 Å². The molecule has 0 bridgehead atoms. The van der Waals surface area contributed by atoms with Crippen molar-refractivity contribution in [1.29, 1.82) is 0 Å². The Hall–Kier alpha value is -2.97. The maximum atomic E-state index is 12.4. The highest BCUT2D eigenvalue weighted by atomic mass is 35.5. The molecule has 1 aromatic heterocycles. The summed E-state index contributed by atoms with van der Waals surface area (Å²) in [5.74, 6) is -1.06. The van der Waals surface area contributed by atoms with Gasteiger partial charge < -0.3 is 10.1 Å². The average Bonchev–Trinajstić information content (AvgIpc) is 3.22. The van der Waals surface area contributed by atoms with E-state index >= 15 is 0 Å². The molecule has 3 rings (SSSR count). The summed E-state index contributed by atoms with van der Waals surface area (Å²) in [7, 11) is 0. The van der Waals surface area contributed by atoms with Gasteiger partial charge in [0.1, 0.15) is 6.33 Å². The Morgan fingerprint density at radius 2 is 1.83 bits per heavy atom. The topological polar surface area (TPSA) is 99.0 Å². The standard InChI is InChI=1S/C19H17Cl2N5O3/c1-11(16-8-5-14(20)9-17(16)21)23-18(27)12(2)29-19(28)13-3-6-15(7-4-13)26-10-22-24-25-26/h3-12H,1-2H3,(H,23,27)/t11-,12-/m0/s1. The van der Waals surface area contributed by atoms with Crippen molar-refractivity contribution in [3.05, 3.63) is 70.0 Å². The van der Waals surface area contributed by atoms with E-state index < -0.39 is 18.0 Å². The van der Waals surface area contributed by atoms with Crippen LogP contribution in [0.4, 0.5) is 0 Å². The first-order valence-corrected chi connectivity index (χ1v) is 9.40. The zero-order valence-corrected chi connectivity index (χ0v) is 17.1. The van der Waals surface area contributed by atoms with Crippen LogP contribution in [0.25, 0.3) is 5.69 Å². The largest absolute Gasteiger partial charge is 0.449 e. The molecule has 1 amide bonds. The molecule has 0 saturated carbocycles. The van der Waals surface area contributed by atoms with Crippen LogP contribution in [0.3, 0.4) is 0 Å². The fourth-order valence-corrected chi connectivity index (χ4v) is 3.15. The number of amides is 1. The SMILES string of the molecule is C[C@H](OC(=O)c1ccc(-n2cnnn2)cc1)C(=O)N[C@@H](C)c1ccc(Cl)cc1Cl. The molecule has 0 unspecified atom stereocenters. The van der Waals surface area contributed by atoms with E-state index in [1.165, 1.54) is 17.9 Å². The van der Waals surface area contributed by atoms with Crippen molar-refractivity contribution in [2.75, 3.05) is 0 Å². The Labute approximate surface area is 176 Å². The summed E-state index contributed by atoms with van der Waals surface area (Å²) >= 11 is 12.1. The number of hydrogen-bond acceptors (Lipinski definition) is 6. The van der Waals surface area contributed by atoms with Gasteiger partial charge in [-0.2, -0.15) is 0 Å². The fraction of sp³-hybridized carbons (Fsp3) is 0.211. The second kappa shape index (κ2) is 9.02. The summed E-state index contributed by atoms with van der Waals surface area (Å²) in [5, 5.41) is 14.6. The minimum Gasteiger partial charge on any atom is -0.449 e. The molecule has 1 N–H and O–H groups in total. The first kappa shape index (κ1) is 20.8. The summed E-state index contributed by atoms with van der Waals surface area (Å²) in [6, 6.07) is 11.1. The second-order valence-electron chi connectivity index (χ2n) is 6.24. The summed E-state index contributed by atoms with van der Waals surface area (Å²) in [6.45, 7) is 3.28. The monoisotopic (exact) mass is 433 g/mol. The quantitative estimate of drug-likeness (QED) is 0.598. The van der Waals surface area contributed by atoms with Gasteiger partial charge in [-0.1, -0.05) is 29.3 Å². The van der Waals surface area contributed by atoms with Crippen molar-refractivity contribution in [2.24, 2.45) is 0 Å². The van der Waals surface area contributed by atoms with Crippen molar-refractivity contribution in [2.45, 2.75) is 26.0 Å². The van der Waals surface area contributed by atoms with Gasteiger partial charge in [0.2, 0.25) is 0 Å². The van der Waals surface area contributed by atoms with Crippen LogP contribution >= 0.6 is 23.2 Å². The third kappa shape index (κ3) is 5.10. The molecule has 0 fully saturated rings. The normalized spacial score (nSPS) is 12.8. The molecule has 10 heteroatoms. The highest BCUT2D eigenvalue weighted by Crippen LogP contribution is 2.26. The lowest BCUT2D eigenvalue weighted by Crippen LogP contribution is -2.37. The van der Waals surface area contributed by atoms with E-state index in [4.69, 9.17) is 27.9 Å². The molecule has 0 aliphatic rings. The first-order chi connectivity index (χ1) is 13.8. The third-order valence-corrected chi connectivity index (χ3v) is 4.72. The summed E-state index contributed by atoms with van der Waals surface area (Å²) in [4.78, 5) is 24.7. The van der Waals surface area contributed by atoms with Gasteiger partial charge in [0.15, 0.2) is 6.10 Å². The zero-order valence-electron chi connectivity index (χ0n) is 15.5. The Morgan fingerprint density at radius 1 is 1.10 bits per heavy atom. The number of carbonyl (C=O) groups is 2. The van der Waals surface area contributed by atoms with Crippen molar-refractivity contribution < 1.29 is 14.3 Å². The number of ether oxygens (including phenoxy) is 1. The molecule has 0 aliphatic carbocycles. The Bertz CT molecular complexity index is 1010. The van der Waals surface area contributed by atoms with E-state index in [2.05, 4.69) is 20.8 Å². The van der Waals surface area contributed by atoms with Gasteiger partial charge >= 0.3 is 5.97 Å². The van der Waals surface area contributed by atoms with E-state index in [0.717, 1.165) is 0 Å². The highest BCUT2D eigenvalue weighted by molar-refractivity contribution is 6.35. The molecule has 8 nitrogen and oxygen atoms in total. The lowest BCUT2D eigenvalue weighted by molar-refractivity contribution is -0.129. The molecule has 0 saturated heterocycles. The van der Waals surface area contributed by atoms with E-state index in [1.54, 1.807) is 49.4 Å². The maximum absolute atomic E-state index is 12.4. The number of benzene rings is 2. The Kier molecular flexibility index (Phi) is 6.46. The van der Waals surface area contributed by atoms with Gasteiger partial charge in [0.25, 0.3) is 5.91 Å². The Balaban J connectivity index is 1.59. The van der Waals surface area contributed by atoms with Crippen molar-refractivity contribution in [3.63, 3.8) is 0 Å². The van der Waals surface area contributed by atoms with Gasteiger partial charge in [-0.15, -0.1) is 5.10 Å². The minimum absolute atomic E-state index is 0.301. The van der Waals surface area contributed by atoms with Crippen LogP contribution in [0.5, 0.6) is 0 Å². The predicted molar refractivity (Wildman–Crippen MR) is 107 cm³/mol. The summed E-state index contributed by atoms with van der Waals surface area (Å²) < 4.78 is 6.72. The number of aromatic nitrogens is 4. The van der Waals surface area contributed by atoms with Gasteiger partial charge in [-0.25, -0.2) is 9.48 Å². The molecular formula is C19H17Cl2N5O3. The van der Waals surface area contributed by atoms with Crippen LogP contribution in [-0.4, -0.2) is 38.2 Å². The third-order valence-electron chi connectivity index (χ3n) is 4.16. The number of nitrogens with one attached hydrogen (secondary N) is 1. The smallest absolute Gasteiger partial charge is 0.338 e. The van der Waals surface area contributed by atoms with Crippen LogP contribution in [0, 0.1) is 0 Å². The van der Waals surface area contributed by atoms with Crippen LogP contribution in [0.15, 0.2) is 48.8 Å². The van der Waals surface area contributed by atoms with E-state index in [-0.39, 0.29) is 6.04 Å². The van der Waals surface area contributed by atoms with Crippen LogP contribution in [-0.2, 0) is 9.53 Å². The molecule has 150 valence electrons. The van der Waals surface area contributed by atoms with E-state index in [0.29, 0.717) is 26.9 Å². The molecule has 2 aromatic carbocycles. The molecule has 0 radical (unpaired) electrons. The number of nitrogens with zero attached hydrogens (tertiary/aromatic N) is 4. The number of halogens is 2. The fourth-order valence-electron chi connectivity index (χ4n) is 2.57. The summed E-state index contributed by atoms with van der Waals surface area (Å²) in [6.07, 6.45) is 0.448. The average molecular weight is 434 g/mol. The predicted octanol–water partition coefficient (Wildman–Crippen LogP) is 3.39. The number of rotatable bonds is 6. The highest BCUT2D eigenvalue weighted by Gasteiger charge is 2.22. The maximum Gasteiger partial charge on any atom is 0.338 e. The molecule has 29 heavy (non-hydrogen) atoms. The van der Waals surface area contributed by atoms with Crippen LogP contribution in [0.1, 0.15) is 35.8 Å². The van der Waals surface area contributed by atoms with Crippen molar-refractivity contribution in [1.82, 2.24) is 25.5 Å². The molecule has 2 atom stereocenters. The molecule has 0 aliphatic heterocycles. The van der Waals surface area contributed by atoms with E-state index in [9.17, 15) is 9.59 Å². The number of carbonyl (C=O) groups excluding carboxylic acids is 2. The molecular weight excluding hydrogens is 417 g/mol. The number of esters is 1. The van der Waals surface area contributed by atoms with Crippen molar-refractivity contribution in [3.8, 4) is 5.69 Å². The van der Waals surface area contributed by atoms with Crippen LogP contribution in [0.2, 0.25) is 10.0 Å². The van der Waals surface area contributed by atoms with Gasteiger partial charge in [0.05, 0.1) is 17.3 Å². The molecule has 3 aromatic rings. The second-order valence-corrected chi connectivity index (χ2v) is 7.09. The first-order valence-electron chi connectivity index (χ1n) is 8.65. The van der Waals surface area contributed by atoms with Crippen LogP contribution < -0.4 is 5.32 Å². The lowest BCUT2D eigenvalue weighted by atomic mass is 10.1. The number of hydrogen-bond donors (Lipinski definition) is 1. The lowest BCUT2D eigenvalue weighted by Gasteiger charge is -2.19. The zero-order chi connectivity index (χ0) is 21.0. The molecule has 1 heterocycles. The molecule has 0 spiro atoms. The van der Waals surface area contributed by atoms with Gasteiger partial charge in [-0.3, -0.25) is 4.79 Å². The van der Waals surface area contributed by atoms with Gasteiger partial charge in [-0.05, 0) is 66.2 Å². The minimum atomic E-state index is -0.991. The summed E-state index contributed by atoms with van der Waals surface area (Å²) in [5.41, 5.74) is 1.70. The van der Waals surface area contributed by atoms with E-state index in [1.807, 2.05) is 0 Å². The van der Waals surface area contributed by atoms with Gasteiger partial charge in [0, 0.05) is 10.0 Å². The Morgan fingerprint density at radius 3 is 2.45 bits per heavy atom. The number of tetrazole rings is 1.